The molecule has 1 N–H and O–H groups in total. The molecule has 5 nitrogen and oxygen atoms in total. The minimum atomic E-state index is -1.34. The Morgan fingerprint density at radius 1 is 1.21 bits per heavy atom. The van der Waals surface area contributed by atoms with Crippen LogP contribution in [-0.4, -0.2) is 30.9 Å². The van der Waals surface area contributed by atoms with Crippen LogP contribution >= 0.6 is 11.3 Å². The molecule has 2 aromatic rings. The standard InChI is InChI=1S/C22H24N2O3S/c1-16(2)27-14-6-13-24-22(26)19(15-23)20(25)11-9-18-10-12-21(28-18)17-7-4-3-5-8-17/h3-5,7-12,16,19H,6,13-14H2,1-2H3,(H,24,26)/b11-9+. The molecule has 1 aromatic carbocycles. The average molecular weight is 397 g/mol. The fourth-order valence-electron chi connectivity index (χ4n) is 2.42. The summed E-state index contributed by atoms with van der Waals surface area (Å²) in [5, 5.41) is 11.8. The largest absolute Gasteiger partial charge is 0.379 e. The van der Waals surface area contributed by atoms with E-state index < -0.39 is 17.6 Å². The van der Waals surface area contributed by atoms with Gasteiger partial charge in [-0.25, -0.2) is 0 Å². The summed E-state index contributed by atoms with van der Waals surface area (Å²) >= 11 is 1.54. The first-order valence-electron chi connectivity index (χ1n) is 9.17. The van der Waals surface area contributed by atoms with Crippen molar-refractivity contribution >= 4 is 29.1 Å². The van der Waals surface area contributed by atoms with Crippen molar-refractivity contribution in [2.45, 2.75) is 26.4 Å². The summed E-state index contributed by atoms with van der Waals surface area (Å²) in [6.45, 7) is 4.76. The van der Waals surface area contributed by atoms with E-state index in [-0.39, 0.29) is 6.10 Å². The Morgan fingerprint density at radius 2 is 1.96 bits per heavy atom. The molecule has 1 heterocycles. The van der Waals surface area contributed by atoms with Gasteiger partial charge < -0.3 is 10.1 Å². The molecule has 146 valence electrons. The van der Waals surface area contributed by atoms with Crippen LogP contribution in [0.5, 0.6) is 0 Å². The van der Waals surface area contributed by atoms with Gasteiger partial charge >= 0.3 is 0 Å². The first-order chi connectivity index (χ1) is 13.5. The smallest absolute Gasteiger partial charge is 0.245 e. The maximum Gasteiger partial charge on any atom is 0.245 e. The van der Waals surface area contributed by atoms with Crippen molar-refractivity contribution in [1.29, 1.82) is 5.26 Å². The molecule has 0 bridgehead atoms. The molecule has 1 aromatic heterocycles. The van der Waals surface area contributed by atoms with Crippen LogP contribution in [0, 0.1) is 17.2 Å². The number of carbonyl (C=O) groups is 2. The number of hydrogen-bond acceptors (Lipinski definition) is 5. The van der Waals surface area contributed by atoms with Gasteiger partial charge in [0.1, 0.15) is 0 Å². The van der Waals surface area contributed by atoms with Gasteiger partial charge in [-0.15, -0.1) is 11.3 Å². The van der Waals surface area contributed by atoms with Crippen LogP contribution in [0.2, 0.25) is 0 Å². The van der Waals surface area contributed by atoms with E-state index in [0.717, 1.165) is 15.3 Å². The summed E-state index contributed by atoms with van der Waals surface area (Å²) in [5.74, 6) is -2.43. The van der Waals surface area contributed by atoms with E-state index in [4.69, 9.17) is 4.74 Å². The summed E-state index contributed by atoms with van der Waals surface area (Å²) in [5.41, 5.74) is 1.11. The van der Waals surface area contributed by atoms with Crippen LogP contribution in [-0.2, 0) is 14.3 Å². The quantitative estimate of drug-likeness (QED) is 0.373. The zero-order valence-corrected chi connectivity index (χ0v) is 16.9. The summed E-state index contributed by atoms with van der Waals surface area (Å²) in [4.78, 5) is 26.3. The lowest BCUT2D eigenvalue weighted by atomic mass is 10.0. The second kappa shape index (κ2) is 11.2. The van der Waals surface area contributed by atoms with Crippen molar-refractivity contribution in [2.75, 3.05) is 13.2 Å². The fraction of sp³-hybridized carbons (Fsp3) is 0.318. The summed E-state index contributed by atoms with van der Waals surface area (Å²) in [6, 6.07) is 15.6. The zero-order valence-electron chi connectivity index (χ0n) is 16.1. The lowest BCUT2D eigenvalue weighted by Crippen LogP contribution is -2.35. The van der Waals surface area contributed by atoms with Crippen molar-refractivity contribution in [2.24, 2.45) is 5.92 Å². The third kappa shape index (κ3) is 6.76. The van der Waals surface area contributed by atoms with Gasteiger partial charge in [-0.05, 0) is 50.1 Å². The van der Waals surface area contributed by atoms with Crippen molar-refractivity contribution < 1.29 is 14.3 Å². The highest BCUT2D eigenvalue weighted by Gasteiger charge is 2.23. The van der Waals surface area contributed by atoms with E-state index in [1.165, 1.54) is 6.08 Å². The predicted molar refractivity (Wildman–Crippen MR) is 112 cm³/mol. The molecule has 0 aliphatic heterocycles. The van der Waals surface area contributed by atoms with Gasteiger partial charge in [0.2, 0.25) is 5.91 Å². The Hall–Kier alpha value is -2.75. The van der Waals surface area contributed by atoms with Gasteiger partial charge in [-0.3, -0.25) is 9.59 Å². The molecule has 0 saturated carbocycles. The van der Waals surface area contributed by atoms with Crippen LogP contribution < -0.4 is 5.32 Å². The molecule has 1 atom stereocenters. The first kappa shape index (κ1) is 21.5. The van der Waals surface area contributed by atoms with E-state index in [9.17, 15) is 14.9 Å². The Balaban J connectivity index is 1.88. The maximum absolute atomic E-state index is 12.3. The molecule has 1 amide bonds. The van der Waals surface area contributed by atoms with E-state index in [2.05, 4.69) is 5.32 Å². The second-order valence-electron chi connectivity index (χ2n) is 6.43. The summed E-state index contributed by atoms with van der Waals surface area (Å²) < 4.78 is 5.39. The van der Waals surface area contributed by atoms with Crippen LogP contribution in [0.1, 0.15) is 25.1 Å². The van der Waals surface area contributed by atoms with Gasteiger partial charge in [0, 0.05) is 22.9 Å². The van der Waals surface area contributed by atoms with Crippen LogP contribution in [0.4, 0.5) is 0 Å². The highest BCUT2D eigenvalue weighted by molar-refractivity contribution is 7.16. The monoisotopic (exact) mass is 396 g/mol. The molecule has 6 heteroatoms. The number of nitriles is 1. The molecule has 0 spiro atoms. The Bertz CT molecular complexity index is 850. The van der Waals surface area contributed by atoms with Gasteiger partial charge in [-0.2, -0.15) is 5.26 Å². The number of nitrogens with one attached hydrogen (secondary N) is 1. The van der Waals surface area contributed by atoms with Crippen molar-refractivity contribution in [3.8, 4) is 16.5 Å². The van der Waals surface area contributed by atoms with Gasteiger partial charge in [0.05, 0.1) is 12.2 Å². The van der Waals surface area contributed by atoms with Gasteiger partial charge in [0.15, 0.2) is 11.7 Å². The number of nitrogens with zero attached hydrogens (tertiary/aromatic N) is 1. The number of hydrogen-bond donors (Lipinski definition) is 1. The highest BCUT2D eigenvalue weighted by Crippen LogP contribution is 2.28. The number of amides is 1. The number of benzene rings is 1. The zero-order chi connectivity index (χ0) is 20.4. The van der Waals surface area contributed by atoms with E-state index >= 15 is 0 Å². The first-order valence-corrected chi connectivity index (χ1v) is 9.99. The molecule has 2 rings (SSSR count). The number of ketones is 1. The molecular formula is C22H24N2O3S. The minimum Gasteiger partial charge on any atom is -0.379 e. The Morgan fingerprint density at radius 3 is 2.64 bits per heavy atom. The third-order valence-electron chi connectivity index (χ3n) is 3.84. The Labute approximate surface area is 169 Å². The predicted octanol–water partition coefficient (Wildman–Crippen LogP) is 4.07. The topological polar surface area (TPSA) is 79.2 Å². The van der Waals surface area contributed by atoms with E-state index in [1.807, 2.05) is 56.3 Å². The van der Waals surface area contributed by atoms with E-state index in [1.54, 1.807) is 23.5 Å². The van der Waals surface area contributed by atoms with Crippen molar-refractivity contribution in [1.82, 2.24) is 5.32 Å². The highest BCUT2D eigenvalue weighted by atomic mass is 32.1. The molecular weight excluding hydrogens is 372 g/mol. The normalized spacial score (nSPS) is 12.1. The number of carbonyl (C=O) groups excluding carboxylic acids is 2. The molecule has 0 aliphatic carbocycles. The Kier molecular flexibility index (Phi) is 8.60. The summed E-state index contributed by atoms with van der Waals surface area (Å²) in [7, 11) is 0. The lowest BCUT2D eigenvalue weighted by Gasteiger charge is -2.09. The SMILES string of the molecule is CC(C)OCCCNC(=O)C(C#N)C(=O)/C=C/c1ccc(-c2ccccc2)s1. The minimum absolute atomic E-state index is 0.133. The molecule has 0 radical (unpaired) electrons. The molecule has 0 fully saturated rings. The maximum atomic E-state index is 12.3. The lowest BCUT2D eigenvalue weighted by molar-refractivity contribution is -0.129. The van der Waals surface area contributed by atoms with Gasteiger partial charge in [-0.1, -0.05) is 30.3 Å². The van der Waals surface area contributed by atoms with Crippen LogP contribution in [0.3, 0.4) is 0 Å². The summed E-state index contributed by atoms with van der Waals surface area (Å²) in [6.07, 6.45) is 3.71. The number of thiophene rings is 1. The second-order valence-corrected chi connectivity index (χ2v) is 7.55. The van der Waals surface area contributed by atoms with Crippen molar-refractivity contribution in [3.63, 3.8) is 0 Å². The molecule has 0 saturated heterocycles. The fourth-order valence-corrected chi connectivity index (χ4v) is 3.33. The molecule has 0 aliphatic rings. The number of rotatable bonds is 10. The number of ether oxygens (including phenoxy) is 1. The average Bonchev–Trinajstić information content (AvgIpc) is 3.16. The van der Waals surface area contributed by atoms with Crippen LogP contribution in [0.15, 0.2) is 48.5 Å². The van der Waals surface area contributed by atoms with E-state index in [0.29, 0.717) is 19.6 Å². The third-order valence-corrected chi connectivity index (χ3v) is 4.94. The van der Waals surface area contributed by atoms with Gasteiger partial charge in [0.25, 0.3) is 0 Å². The molecule has 28 heavy (non-hydrogen) atoms. The van der Waals surface area contributed by atoms with Crippen LogP contribution in [0.25, 0.3) is 16.5 Å². The number of allylic oxidation sites excluding steroid dienone is 1. The van der Waals surface area contributed by atoms with Crippen molar-refractivity contribution in [3.05, 3.63) is 53.4 Å². The molecule has 1 unspecified atom stereocenters.